The Kier molecular flexibility index (Phi) is 11.6. The van der Waals surface area contributed by atoms with Crippen LogP contribution in [-0.4, -0.2) is 46.7 Å². The molecule has 0 N–H and O–H groups in total. The molecule has 0 radical (unpaired) electrons. The molecule has 0 bridgehead atoms. The maximum Gasteiger partial charge on any atom is 0.332 e. The fourth-order valence-electron chi connectivity index (χ4n) is 8.12. The van der Waals surface area contributed by atoms with Gasteiger partial charge >= 0.3 is 5.97 Å². The second-order valence-corrected chi connectivity index (χ2v) is 28.5. The topological polar surface area (TPSA) is 54.0 Å². The van der Waals surface area contributed by atoms with E-state index in [9.17, 15) is 4.79 Å². The maximum absolute atomic E-state index is 13.4. The molecule has 4 aliphatic rings. The summed E-state index contributed by atoms with van der Waals surface area (Å²) in [6, 6.07) is 0. The quantitative estimate of drug-likeness (QED) is 0.0984. The number of rotatable bonds is 10. The van der Waals surface area contributed by atoms with Crippen molar-refractivity contribution in [3.8, 4) is 0 Å². The fourth-order valence-corrected chi connectivity index (χ4v) is 10.9. The number of carbonyl (C=O) groups excluding carboxylic acids is 1. The summed E-state index contributed by atoms with van der Waals surface area (Å²) in [6.07, 6.45) is 17.9. The molecule has 0 saturated heterocycles. The van der Waals surface area contributed by atoms with Gasteiger partial charge in [-0.05, 0) is 123 Å². The Balaban J connectivity index is 1.74. The van der Waals surface area contributed by atoms with Crippen molar-refractivity contribution in [2.75, 3.05) is 6.61 Å². The first-order valence-corrected chi connectivity index (χ1v) is 24.8. The Bertz CT molecular complexity index is 1300. The summed E-state index contributed by atoms with van der Waals surface area (Å²) in [5.41, 5.74) is 5.17. The Morgan fingerprint density at radius 3 is 2.17 bits per heavy atom. The van der Waals surface area contributed by atoms with Crippen molar-refractivity contribution >= 4 is 22.6 Å². The summed E-state index contributed by atoms with van der Waals surface area (Å²) in [6.45, 7) is 34.2. The molecule has 0 heterocycles. The lowest BCUT2D eigenvalue weighted by atomic mass is 9.64. The first-order valence-electron chi connectivity index (χ1n) is 19.0. The van der Waals surface area contributed by atoms with Gasteiger partial charge in [0.15, 0.2) is 22.4 Å². The van der Waals surface area contributed by atoms with Gasteiger partial charge in [-0.25, -0.2) is 4.79 Å². The van der Waals surface area contributed by atoms with Crippen LogP contribution in [-0.2, 0) is 23.1 Å². The van der Waals surface area contributed by atoms with Crippen LogP contribution in [0.3, 0.4) is 0 Å². The van der Waals surface area contributed by atoms with Crippen molar-refractivity contribution in [2.45, 2.75) is 187 Å². The average Bonchev–Trinajstić information content (AvgIpc) is 3.53. The van der Waals surface area contributed by atoms with Crippen LogP contribution in [0.15, 0.2) is 47.1 Å². The molecule has 0 aromatic carbocycles. The summed E-state index contributed by atoms with van der Waals surface area (Å²) in [4.78, 5) is 13.4. The third kappa shape index (κ3) is 8.44. The van der Waals surface area contributed by atoms with Gasteiger partial charge in [0.2, 0.25) is 0 Å². The van der Waals surface area contributed by atoms with E-state index in [1.807, 2.05) is 0 Å². The van der Waals surface area contributed by atoms with E-state index < -0.39 is 28.0 Å². The van der Waals surface area contributed by atoms with Crippen LogP contribution in [0.25, 0.3) is 0 Å². The first kappa shape index (κ1) is 39.5. The number of fused-ring (bicyclic) bond motifs is 1. The van der Waals surface area contributed by atoms with Crippen LogP contribution in [0.5, 0.6) is 0 Å². The lowest BCUT2D eigenvalue weighted by molar-refractivity contribution is -0.219. The smallest absolute Gasteiger partial charge is 0.332 e. The molecule has 3 fully saturated rings. The Hall–Kier alpha value is -1.26. The van der Waals surface area contributed by atoms with Crippen molar-refractivity contribution in [3.63, 3.8) is 0 Å². The lowest BCUT2D eigenvalue weighted by Gasteiger charge is -2.51. The van der Waals surface area contributed by atoms with E-state index in [1.165, 1.54) is 12.8 Å². The summed E-state index contributed by atoms with van der Waals surface area (Å²) in [5.74, 6) is -0.772. The van der Waals surface area contributed by atoms with Crippen molar-refractivity contribution in [1.82, 2.24) is 0 Å². The Morgan fingerprint density at radius 1 is 0.958 bits per heavy atom. The lowest BCUT2D eigenvalue weighted by Crippen LogP contribution is -2.56. The molecule has 0 aromatic rings. The largest absolute Gasteiger partial charge is 0.458 e. The zero-order chi connectivity index (χ0) is 36.0. The second-order valence-electron chi connectivity index (χ2n) is 19.0. The molecule has 48 heavy (non-hydrogen) atoms. The zero-order valence-corrected chi connectivity index (χ0v) is 35.1. The highest BCUT2D eigenvalue weighted by Gasteiger charge is 2.52. The monoisotopic (exact) mass is 698 g/mol. The summed E-state index contributed by atoms with van der Waals surface area (Å²) in [7, 11) is -4.56. The molecule has 1 unspecified atom stereocenters. The third-order valence-electron chi connectivity index (χ3n) is 13.3. The van der Waals surface area contributed by atoms with Crippen LogP contribution >= 0.6 is 0 Å². The van der Waals surface area contributed by atoms with Crippen LogP contribution in [0.1, 0.15) is 133 Å². The van der Waals surface area contributed by atoms with Gasteiger partial charge in [0, 0.05) is 12.8 Å². The average molecular weight is 699 g/mol. The van der Waals surface area contributed by atoms with Gasteiger partial charge in [0.05, 0.1) is 6.10 Å². The minimum Gasteiger partial charge on any atom is -0.458 e. The van der Waals surface area contributed by atoms with Gasteiger partial charge in [-0.15, -0.1) is 0 Å². The molecule has 7 heteroatoms. The van der Waals surface area contributed by atoms with Crippen molar-refractivity contribution in [3.05, 3.63) is 47.1 Å². The van der Waals surface area contributed by atoms with E-state index in [0.717, 1.165) is 56.1 Å². The molecular weight excluding hydrogens is 629 g/mol. The molecule has 0 spiro atoms. The molecule has 272 valence electrons. The highest BCUT2D eigenvalue weighted by Crippen LogP contribution is 2.56. The normalized spacial score (nSPS) is 31.7. The van der Waals surface area contributed by atoms with Gasteiger partial charge in [-0.3, -0.25) is 0 Å². The summed E-state index contributed by atoms with van der Waals surface area (Å²) >= 11 is 0. The van der Waals surface area contributed by atoms with Gasteiger partial charge in [-0.2, -0.15) is 0 Å². The van der Waals surface area contributed by atoms with E-state index in [-0.39, 0.29) is 34.2 Å². The minimum absolute atomic E-state index is 0.0277. The fraction of sp³-hybridized carbons (Fsp3) is 0.780. The van der Waals surface area contributed by atoms with Crippen molar-refractivity contribution < 1.29 is 23.1 Å². The maximum atomic E-state index is 13.4. The Morgan fingerprint density at radius 2 is 1.58 bits per heavy atom. The predicted octanol–water partition coefficient (Wildman–Crippen LogP) is 11.7. The number of esters is 1. The number of carbonyl (C=O) groups is 1. The molecule has 5 nitrogen and oxygen atoms in total. The summed E-state index contributed by atoms with van der Waals surface area (Å²) < 4.78 is 27.4. The van der Waals surface area contributed by atoms with Crippen LogP contribution < -0.4 is 0 Å². The van der Waals surface area contributed by atoms with E-state index >= 15 is 0 Å². The van der Waals surface area contributed by atoms with E-state index in [2.05, 4.69) is 107 Å². The first-order chi connectivity index (χ1) is 22.0. The minimum atomic E-state index is -2.36. The van der Waals surface area contributed by atoms with E-state index in [0.29, 0.717) is 18.8 Å². The zero-order valence-electron chi connectivity index (χ0n) is 33.1. The predicted molar refractivity (Wildman–Crippen MR) is 205 cm³/mol. The van der Waals surface area contributed by atoms with Gasteiger partial charge in [0.1, 0.15) is 12.2 Å². The second kappa shape index (κ2) is 14.0. The molecule has 0 aromatic heterocycles. The summed E-state index contributed by atoms with van der Waals surface area (Å²) in [5, 5.41) is -0.0176. The van der Waals surface area contributed by atoms with Crippen LogP contribution in [0.4, 0.5) is 0 Å². The highest BCUT2D eigenvalue weighted by atomic mass is 28.4. The molecule has 4 rings (SSSR count). The van der Waals surface area contributed by atoms with Gasteiger partial charge < -0.3 is 18.3 Å². The van der Waals surface area contributed by atoms with Crippen LogP contribution in [0.2, 0.25) is 36.3 Å². The standard InChI is InChI=1S/C41H70O5Si2/c1-15-33-22-23-34-31(19-18-26-40(33,34)10)20-21-32-27-41(46-48(13,14)38(6,7)8,43-29-36(42)44-39(9)24-16-17-25-39)28-35(30(32)2)45-47(11,12)37(3,4)5/h20-22,34-35H,2,15-19,23-29H2,1,3-14H3/t34-,35?,40+,41-/m0/s1. The number of hydrogen-bond acceptors (Lipinski definition) is 5. The van der Waals surface area contributed by atoms with Crippen LogP contribution in [0, 0.1) is 11.3 Å². The van der Waals surface area contributed by atoms with Gasteiger partial charge in [-0.1, -0.05) is 91.3 Å². The highest BCUT2D eigenvalue weighted by molar-refractivity contribution is 6.74. The Labute approximate surface area is 296 Å². The number of ether oxygens (including phenoxy) is 2. The molecule has 4 atom stereocenters. The molecule has 4 aliphatic carbocycles. The molecule has 0 amide bonds. The molecule has 3 saturated carbocycles. The van der Waals surface area contributed by atoms with E-state index in [4.69, 9.17) is 24.9 Å². The van der Waals surface area contributed by atoms with Gasteiger partial charge in [0.25, 0.3) is 0 Å². The molecule has 0 aliphatic heterocycles. The number of hydrogen-bond donors (Lipinski definition) is 0. The number of allylic oxidation sites excluding steroid dienone is 5. The van der Waals surface area contributed by atoms with Crippen molar-refractivity contribution in [1.29, 1.82) is 0 Å². The van der Waals surface area contributed by atoms with E-state index in [1.54, 1.807) is 11.1 Å². The molecular formula is C41H70O5Si2. The SMILES string of the molecule is C=C1C(=CC=C2CCC[C@]3(C)C(CC)=CC[C@@H]23)C[C@](OCC(=O)OC2(C)CCCC2)(O[Si](C)(C)C(C)(C)C)CC1O[Si](C)(C)C(C)(C)C. The van der Waals surface area contributed by atoms with Crippen molar-refractivity contribution in [2.24, 2.45) is 11.3 Å². The third-order valence-corrected chi connectivity index (χ3v) is 22.3.